The van der Waals surface area contributed by atoms with E-state index in [-0.39, 0.29) is 12.7 Å². The molecule has 0 atom stereocenters. The Morgan fingerprint density at radius 3 is 2.90 bits per heavy atom. The first-order valence-electron chi connectivity index (χ1n) is 7.23. The van der Waals surface area contributed by atoms with Crippen LogP contribution >= 0.6 is 0 Å². The van der Waals surface area contributed by atoms with Gasteiger partial charge >= 0.3 is 0 Å². The van der Waals surface area contributed by atoms with Gasteiger partial charge in [-0.3, -0.25) is 9.20 Å². The number of imidazole rings is 1. The molecule has 6 nitrogen and oxygen atoms in total. The van der Waals surface area contributed by atoms with E-state index < -0.39 is 0 Å². The highest BCUT2D eigenvalue weighted by Crippen LogP contribution is 2.24. The van der Waals surface area contributed by atoms with Gasteiger partial charge < -0.3 is 14.7 Å². The Kier molecular flexibility index (Phi) is 4.17. The van der Waals surface area contributed by atoms with Crippen LogP contribution in [0.1, 0.15) is 23.3 Å². The molecule has 1 saturated heterocycles. The van der Waals surface area contributed by atoms with Gasteiger partial charge in [0.15, 0.2) is 12.1 Å². The van der Waals surface area contributed by atoms with Crippen molar-refractivity contribution in [3.63, 3.8) is 0 Å². The lowest BCUT2D eigenvalue weighted by Gasteiger charge is -2.32. The highest BCUT2D eigenvalue weighted by Gasteiger charge is 2.24. The molecule has 0 saturated carbocycles. The lowest BCUT2D eigenvalue weighted by atomic mass is 10.1. The summed E-state index contributed by atoms with van der Waals surface area (Å²) in [7, 11) is 0. The van der Waals surface area contributed by atoms with Gasteiger partial charge in [-0.2, -0.15) is 0 Å². The maximum atomic E-state index is 11.4. The number of aromatic nitrogens is 2. The van der Waals surface area contributed by atoms with Crippen molar-refractivity contribution in [2.75, 3.05) is 31.2 Å². The zero-order chi connectivity index (χ0) is 14.7. The lowest BCUT2D eigenvalue weighted by Crippen LogP contribution is -2.38. The summed E-state index contributed by atoms with van der Waals surface area (Å²) in [6.45, 7) is 2.06. The Morgan fingerprint density at radius 1 is 1.38 bits per heavy atom. The summed E-state index contributed by atoms with van der Waals surface area (Å²) < 4.78 is 7.38. The summed E-state index contributed by atoms with van der Waals surface area (Å²) in [5.41, 5.74) is 1.38. The molecular formula is C15H19N3O3. The third-order valence-corrected chi connectivity index (χ3v) is 3.85. The number of anilines is 1. The van der Waals surface area contributed by atoms with Crippen LogP contribution in [0.3, 0.4) is 0 Å². The molecule has 112 valence electrons. The van der Waals surface area contributed by atoms with Crippen molar-refractivity contribution < 1.29 is 14.6 Å². The number of aliphatic hydroxyl groups is 1. The first kappa shape index (κ1) is 14.0. The van der Waals surface area contributed by atoms with Crippen LogP contribution in [-0.2, 0) is 4.74 Å². The number of pyridine rings is 1. The summed E-state index contributed by atoms with van der Waals surface area (Å²) in [5.74, 6) is 0.747. The molecule has 3 heterocycles. The molecule has 0 radical (unpaired) electrons. The topological polar surface area (TPSA) is 67.1 Å². The Hall–Kier alpha value is -1.92. The number of aldehydes is 1. The maximum absolute atomic E-state index is 11.4. The number of hydrogen-bond donors (Lipinski definition) is 1. The molecule has 3 rings (SSSR count). The smallest absolute Gasteiger partial charge is 0.170 e. The van der Waals surface area contributed by atoms with Crippen molar-refractivity contribution in [3.8, 4) is 0 Å². The quantitative estimate of drug-likeness (QED) is 0.836. The van der Waals surface area contributed by atoms with Crippen LogP contribution in [0, 0.1) is 0 Å². The van der Waals surface area contributed by atoms with Crippen LogP contribution < -0.4 is 4.90 Å². The molecule has 21 heavy (non-hydrogen) atoms. The van der Waals surface area contributed by atoms with E-state index in [1.165, 1.54) is 0 Å². The van der Waals surface area contributed by atoms with Crippen molar-refractivity contribution in [3.05, 3.63) is 30.1 Å². The Labute approximate surface area is 123 Å². The Bertz CT molecular complexity index is 618. The maximum Gasteiger partial charge on any atom is 0.170 e. The predicted molar refractivity (Wildman–Crippen MR) is 78.9 cm³/mol. The predicted octanol–water partition coefficient (Wildman–Crippen LogP) is 1.12. The fraction of sp³-hybridized carbons (Fsp3) is 0.467. The summed E-state index contributed by atoms with van der Waals surface area (Å²) >= 11 is 0. The number of fused-ring (bicyclic) bond motifs is 1. The van der Waals surface area contributed by atoms with Crippen LogP contribution in [0.4, 0.5) is 5.82 Å². The van der Waals surface area contributed by atoms with E-state index in [2.05, 4.69) is 9.88 Å². The standard InChI is InChI=1S/C15H19N3O3/c19-9-10-21-12-4-7-17(8-5-12)15-13(11-20)18-6-2-1-3-14(18)16-15/h1-3,6,11-12,19H,4-5,7-10H2. The number of carbonyl (C=O) groups is 1. The minimum atomic E-state index is 0.0575. The van der Waals surface area contributed by atoms with Gasteiger partial charge in [-0.1, -0.05) is 6.07 Å². The molecule has 1 N–H and O–H groups in total. The second-order valence-corrected chi connectivity index (χ2v) is 5.15. The Balaban J connectivity index is 1.77. The number of aliphatic hydroxyl groups excluding tert-OH is 1. The van der Waals surface area contributed by atoms with E-state index in [1.807, 2.05) is 28.8 Å². The van der Waals surface area contributed by atoms with Crippen LogP contribution in [0.25, 0.3) is 5.65 Å². The van der Waals surface area contributed by atoms with Crippen LogP contribution in [0.15, 0.2) is 24.4 Å². The fourth-order valence-electron chi connectivity index (χ4n) is 2.80. The Morgan fingerprint density at radius 2 is 2.19 bits per heavy atom. The number of nitrogens with zero attached hydrogens (tertiary/aromatic N) is 3. The number of piperidine rings is 1. The van der Waals surface area contributed by atoms with Crippen molar-refractivity contribution in [1.82, 2.24) is 9.38 Å². The molecule has 2 aromatic heterocycles. The second kappa shape index (κ2) is 6.24. The van der Waals surface area contributed by atoms with E-state index >= 15 is 0 Å². The third-order valence-electron chi connectivity index (χ3n) is 3.85. The van der Waals surface area contributed by atoms with Crippen LogP contribution in [0.5, 0.6) is 0 Å². The van der Waals surface area contributed by atoms with Crippen molar-refractivity contribution >= 4 is 17.8 Å². The summed E-state index contributed by atoms with van der Waals surface area (Å²) in [6.07, 6.45) is 4.67. The molecule has 0 unspecified atom stereocenters. The van der Waals surface area contributed by atoms with E-state index in [0.717, 1.165) is 43.7 Å². The normalized spacial score (nSPS) is 16.5. The van der Waals surface area contributed by atoms with Gasteiger partial charge in [-0.15, -0.1) is 0 Å². The van der Waals surface area contributed by atoms with Crippen molar-refractivity contribution in [2.24, 2.45) is 0 Å². The van der Waals surface area contributed by atoms with Gasteiger partial charge in [0.25, 0.3) is 0 Å². The minimum absolute atomic E-state index is 0.0575. The van der Waals surface area contributed by atoms with Crippen molar-refractivity contribution in [2.45, 2.75) is 18.9 Å². The molecule has 0 aromatic carbocycles. The summed E-state index contributed by atoms with van der Waals surface area (Å²) in [4.78, 5) is 18.1. The van der Waals surface area contributed by atoms with Gasteiger partial charge in [0, 0.05) is 19.3 Å². The molecule has 0 spiro atoms. The lowest BCUT2D eigenvalue weighted by molar-refractivity contribution is 0.0158. The number of ether oxygens (including phenoxy) is 1. The van der Waals surface area contributed by atoms with Crippen molar-refractivity contribution in [1.29, 1.82) is 0 Å². The zero-order valence-electron chi connectivity index (χ0n) is 11.8. The van der Waals surface area contributed by atoms with Crippen LogP contribution in [0.2, 0.25) is 0 Å². The summed E-state index contributed by atoms with van der Waals surface area (Å²) in [5, 5.41) is 8.79. The van der Waals surface area contributed by atoms with E-state index in [9.17, 15) is 4.79 Å². The number of rotatable bonds is 5. The molecule has 6 heteroatoms. The van der Waals surface area contributed by atoms with E-state index in [0.29, 0.717) is 12.3 Å². The molecule has 2 aromatic rings. The first-order valence-corrected chi connectivity index (χ1v) is 7.23. The van der Waals surface area contributed by atoms with E-state index in [4.69, 9.17) is 9.84 Å². The summed E-state index contributed by atoms with van der Waals surface area (Å²) in [6, 6.07) is 5.70. The highest BCUT2D eigenvalue weighted by atomic mass is 16.5. The molecule has 0 aliphatic carbocycles. The molecule has 1 fully saturated rings. The number of carbonyl (C=O) groups excluding carboxylic acids is 1. The van der Waals surface area contributed by atoms with Crippen LogP contribution in [-0.4, -0.2) is 53.2 Å². The average Bonchev–Trinajstić information content (AvgIpc) is 2.92. The van der Waals surface area contributed by atoms with Gasteiger partial charge in [0.05, 0.1) is 19.3 Å². The second-order valence-electron chi connectivity index (χ2n) is 5.15. The zero-order valence-corrected chi connectivity index (χ0v) is 11.8. The SMILES string of the molecule is O=Cc1c(N2CCC(OCCO)CC2)nc2ccccn12. The average molecular weight is 289 g/mol. The largest absolute Gasteiger partial charge is 0.394 e. The van der Waals surface area contributed by atoms with Gasteiger partial charge in [0.2, 0.25) is 0 Å². The first-order chi connectivity index (χ1) is 10.3. The highest BCUT2D eigenvalue weighted by molar-refractivity contribution is 5.83. The minimum Gasteiger partial charge on any atom is -0.394 e. The van der Waals surface area contributed by atoms with Gasteiger partial charge in [0.1, 0.15) is 11.3 Å². The molecular weight excluding hydrogens is 270 g/mol. The monoisotopic (exact) mass is 289 g/mol. The van der Waals surface area contributed by atoms with E-state index in [1.54, 1.807) is 0 Å². The van der Waals surface area contributed by atoms with Gasteiger partial charge in [-0.25, -0.2) is 4.98 Å². The molecule has 0 amide bonds. The molecule has 0 bridgehead atoms. The number of hydrogen-bond acceptors (Lipinski definition) is 5. The van der Waals surface area contributed by atoms with Gasteiger partial charge in [-0.05, 0) is 25.0 Å². The molecule has 1 aliphatic heterocycles. The molecule has 1 aliphatic rings. The fourth-order valence-corrected chi connectivity index (χ4v) is 2.80. The third kappa shape index (κ3) is 2.77.